The van der Waals surface area contributed by atoms with E-state index in [-0.39, 0.29) is 0 Å². The van der Waals surface area contributed by atoms with Crippen LogP contribution in [0.15, 0.2) is 0 Å². The van der Waals surface area contributed by atoms with E-state index in [1.54, 1.807) is 0 Å². The van der Waals surface area contributed by atoms with Gasteiger partial charge in [0.05, 0.1) is 0 Å². The van der Waals surface area contributed by atoms with Gasteiger partial charge in [0.15, 0.2) is 0 Å². The van der Waals surface area contributed by atoms with Gasteiger partial charge in [-0.3, -0.25) is 4.90 Å². The van der Waals surface area contributed by atoms with Crippen LogP contribution in [0.1, 0.15) is 41.0 Å². The Kier molecular flexibility index (Phi) is 9.70. The summed E-state index contributed by atoms with van der Waals surface area (Å²) in [4.78, 5) is 4.88. The van der Waals surface area contributed by atoms with Crippen molar-refractivity contribution in [1.29, 1.82) is 0 Å². The Morgan fingerprint density at radius 2 is 1.61 bits per heavy atom. The van der Waals surface area contributed by atoms with Crippen molar-refractivity contribution in [2.75, 3.05) is 40.3 Å². The van der Waals surface area contributed by atoms with Crippen molar-refractivity contribution in [2.24, 2.45) is 5.92 Å². The first-order valence-corrected chi connectivity index (χ1v) is 7.49. The lowest BCUT2D eigenvalue weighted by Gasteiger charge is -2.35. The van der Waals surface area contributed by atoms with Gasteiger partial charge in [-0.15, -0.1) is 0 Å². The molecule has 0 amide bonds. The number of likely N-dealkylation sites (N-methyl/N-ethyl adjacent to an activating group) is 2. The highest BCUT2D eigenvalue weighted by Crippen LogP contribution is 2.09. The van der Waals surface area contributed by atoms with Gasteiger partial charge in [-0.25, -0.2) is 0 Å². The fourth-order valence-corrected chi connectivity index (χ4v) is 2.56. The molecular formula is C15H35N3. The lowest BCUT2D eigenvalue weighted by Crippen LogP contribution is -2.45. The number of hydrogen-bond donors (Lipinski definition) is 1. The number of nitrogens with one attached hydrogen (secondary N) is 1. The largest absolute Gasteiger partial charge is 0.316 e. The van der Waals surface area contributed by atoms with Crippen molar-refractivity contribution < 1.29 is 0 Å². The normalized spacial score (nSPS) is 15.7. The summed E-state index contributed by atoms with van der Waals surface area (Å²) in [6.45, 7) is 16.0. The number of nitrogens with zero attached hydrogens (tertiary/aromatic N) is 2. The molecule has 0 aliphatic heterocycles. The zero-order valence-electron chi connectivity index (χ0n) is 13.7. The second kappa shape index (κ2) is 9.76. The van der Waals surface area contributed by atoms with E-state index >= 15 is 0 Å². The maximum atomic E-state index is 3.54. The van der Waals surface area contributed by atoms with Crippen LogP contribution in [0.25, 0.3) is 0 Å². The minimum absolute atomic E-state index is 0.630. The van der Waals surface area contributed by atoms with E-state index in [0.717, 1.165) is 32.1 Å². The van der Waals surface area contributed by atoms with E-state index in [2.05, 4.69) is 63.8 Å². The van der Waals surface area contributed by atoms with Crippen LogP contribution < -0.4 is 5.32 Å². The van der Waals surface area contributed by atoms with Crippen molar-refractivity contribution in [2.45, 2.75) is 53.1 Å². The predicted octanol–water partition coefficient (Wildman–Crippen LogP) is 2.28. The van der Waals surface area contributed by atoms with Gasteiger partial charge < -0.3 is 10.2 Å². The Hall–Kier alpha value is -0.120. The fourth-order valence-electron chi connectivity index (χ4n) is 2.56. The van der Waals surface area contributed by atoms with Gasteiger partial charge in [-0.1, -0.05) is 20.8 Å². The highest BCUT2D eigenvalue weighted by Gasteiger charge is 2.18. The van der Waals surface area contributed by atoms with Gasteiger partial charge in [0, 0.05) is 18.6 Å². The van der Waals surface area contributed by atoms with Crippen molar-refractivity contribution in [1.82, 2.24) is 15.1 Å². The molecule has 0 aliphatic rings. The molecule has 0 rings (SSSR count). The fraction of sp³-hybridized carbons (Fsp3) is 1.00. The third-order valence-corrected chi connectivity index (χ3v) is 3.42. The molecule has 0 aromatic carbocycles. The standard InChI is InChI=1S/C15H35N3/c1-8-18(15(5)12-17(6)7)14(4)9-10-16-11-13(2)3/h13-16H,8-12H2,1-7H3. The summed E-state index contributed by atoms with van der Waals surface area (Å²) in [5, 5.41) is 3.54. The Balaban J connectivity index is 3.98. The maximum absolute atomic E-state index is 3.54. The van der Waals surface area contributed by atoms with Crippen LogP contribution in [-0.2, 0) is 0 Å². The summed E-state index contributed by atoms with van der Waals surface area (Å²) in [7, 11) is 4.30. The van der Waals surface area contributed by atoms with Gasteiger partial charge in [-0.2, -0.15) is 0 Å². The lowest BCUT2D eigenvalue weighted by atomic mass is 10.1. The summed E-state index contributed by atoms with van der Waals surface area (Å²) in [5.74, 6) is 0.746. The monoisotopic (exact) mass is 257 g/mol. The van der Waals surface area contributed by atoms with Crippen molar-refractivity contribution in [3.63, 3.8) is 0 Å². The van der Waals surface area contributed by atoms with Crippen LogP contribution in [0.5, 0.6) is 0 Å². The van der Waals surface area contributed by atoms with E-state index in [9.17, 15) is 0 Å². The molecule has 0 bridgehead atoms. The van der Waals surface area contributed by atoms with Gasteiger partial charge in [0.25, 0.3) is 0 Å². The Morgan fingerprint density at radius 1 is 1.00 bits per heavy atom. The molecule has 0 fully saturated rings. The zero-order valence-corrected chi connectivity index (χ0v) is 13.7. The maximum Gasteiger partial charge on any atom is 0.0197 e. The lowest BCUT2D eigenvalue weighted by molar-refractivity contribution is 0.130. The topological polar surface area (TPSA) is 18.5 Å². The van der Waals surface area contributed by atoms with E-state index in [0.29, 0.717) is 12.1 Å². The molecule has 18 heavy (non-hydrogen) atoms. The van der Waals surface area contributed by atoms with E-state index in [1.165, 1.54) is 6.42 Å². The molecule has 0 saturated carbocycles. The minimum atomic E-state index is 0.630. The Bertz CT molecular complexity index is 192. The summed E-state index contributed by atoms with van der Waals surface area (Å²) < 4.78 is 0. The summed E-state index contributed by atoms with van der Waals surface area (Å²) in [5.41, 5.74) is 0. The summed E-state index contributed by atoms with van der Waals surface area (Å²) in [6, 6.07) is 1.29. The van der Waals surface area contributed by atoms with Crippen LogP contribution in [0.3, 0.4) is 0 Å². The summed E-state index contributed by atoms with van der Waals surface area (Å²) >= 11 is 0. The molecule has 0 spiro atoms. The molecule has 0 radical (unpaired) electrons. The average molecular weight is 257 g/mol. The third kappa shape index (κ3) is 8.06. The second-order valence-electron chi connectivity index (χ2n) is 6.18. The van der Waals surface area contributed by atoms with Crippen LogP contribution >= 0.6 is 0 Å². The van der Waals surface area contributed by atoms with Crippen LogP contribution in [-0.4, -0.2) is 62.2 Å². The third-order valence-electron chi connectivity index (χ3n) is 3.42. The molecule has 3 heteroatoms. The smallest absolute Gasteiger partial charge is 0.0197 e. The molecule has 0 aromatic rings. The molecule has 0 heterocycles. The number of hydrogen-bond acceptors (Lipinski definition) is 3. The molecule has 110 valence electrons. The SMILES string of the molecule is CCN(C(C)CCNCC(C)C)C(C)CN(C)C. The first-order chi connectivity index (χ1) is 8.38. The molecule has 3 nitrogen and oxygen atoms in total. The van der Waals surface area contributed by atoms with E-state index < -0.39 is 0 Å². The molecule has 0 aliphatic carbocycles. The number of rotatable bonds is 10. The predicted molar refractivity (Wildman–Crippen MR) is 82.2 cm³/mol. The van der Waals surface area contributed by atoms with Crippen molar-refractivity contribution >= 4 is 0 Å². The molecule has 0 saturated heterocycles. The van der Waals surface area contributed by atoms with Gasteiger partial charge in [-0.05, 0) is 59.9 Å². The molecule has 0 aromatic heterocycles. The van der Waals surface area contributed by atoms with Gasteiger partial charge >= 0.3 is 0 Å². The minimum Gasteiger partial charge on any atom is -0.316 e. The average Bonchev–Trinajstić information content (AvgIpc) is 2.24. The Labute approximate surface area is 115 Å². The van der Waals surface area contributed by atoms with Crippen molar-refractivity contribution in [3.8, 4) is 0 Å². The van der Waals surface area contributed by atoms with Gasteiger partial charge in [0.1, 0.15) is 0 Å². The zero-order chi connectivity index (χ0) is 14.1. The molecule has 2 atom stereocenters. The summed E-state index contributed by atoms with van der Waals surface area (Å²) in [6.07, 6.45) is 1.23. The second-order valence-corrected chi connectivity index (χ2v) is 6.18. The first kappa shape index (κ1) is 17.9. The Morgan fingerprint density at radius 3 is 2.06 bits per heavy atom. The molecule has 2 unspecified atom stereocenters. The van der Waals surface area contributed by atoms with E-state index in [4.69, 9.17) is 0 Å². The van der Waals surface area contributed by atoms with Crippen molar-refractivity contribution in [3.05, 3.63) is 0 Å². The first-order valence-electron chi connectivity index (χ1n) is 7.49. The van der Waals surface area contributed by atoms with E-state index in [1.807, 2.05) is 0 Å². The highest BCUT2D eigenvalue weighted by molar-refractivity contribution is 4.75. The van der Waals surface area contributed by atoms with Crippen LogP contribution in [0.2, 0.25) is 0 Å². The molecular weight excluding hydrogens is 222 g/mol. The molecule has 1 N–H and O–H groups in total. The quantitative estimate of drug-likeness (QED) is 0.606. The van der Waals surface area contributed by atoms with Crippen LogP contribution in [0.4, 0.5) is 0 Å². The van der Waals surface area contributed by atoms with Gasteiger partial charge in [0.2, 0.25) is 0 Å². The highest BCUT2D eigenvalue weighted by atomic mass is 15.2. The van der Waals surface area contributed by atoms with Crippen LogP contribution in [0, 0.1) is 5.92 Å².